The van der Waals surface area contributed by atoms with E-state index in [-0.39, 0.29) is 0 Å². The Hall–Kier alpha value is -1.87. The maximum absolute atomic E-state index is 4.07. The summed E-state index contributed by atoms with van der Waals surface area (Å²) >= 11 is 0. The van der Waals surface area contributed by atoms with E-state index in [9.17, 15) is 0 Å². The van der Waals surface area contributed by atoms with Gasteiger partial charge in [-0.1, -0.05) is 12.1 Å². The lowest BCUT2D eigenvalue weighted by atomic mass is 9.99. The Labute approximate surface area is 127 Å². The Kier molecular flexibility index (Phi) is 4.20. The summed E-state index contributed by atoms with van der Waals surface area (Å²) in [6.07, 6.45) is 6.16. The Morgan fingerprint density at radius 3 is 2.86 bits per heavy atom. The Morgan fingerprint density at radius 2 is 2.05 bits per heavy atom. The van der Waals surface area contributed by atoms with Gasteiger partial charge in [-0.3, -0.25) is 4.98 Å². The number of aromatic nitrogens is 1. The van der Waals surface area contributed by atoms with E-state index in [2.05, 4.69) is 59.5 Å². The minimum Gasteiger partial charge on any atom is -0.374 e. The molecule has 0 saturated carbocycles. The number of pyridine rings is 1. The van der Waals surface area contributed by atoms with Crippen LogP contribution in [0.25, 0.3) is 0 Å². The molecule has 0 fully saturated rings. The predicted octanol–water partition coefficient (Wildman–Crippen LogP) is 3.31. The summed E-state index contributed by atoms with van der Waals surface area (Å²) in [5, 5.41) is 3.59. The SMILES string of the molecule is C[C@@H](NCc1ccc2c(c1)CCCN2C)c1ccncc1. The normalized spacial score (nSPS) is 15.6. The molecular formula is C18H23N3. The van der Waals surface area contributed by atoms with Crippen molar-refractivity contribution in [2.45, 2.75) is 32.4 Å². The predicted molar refractivity (Wildman–Crippen MR) is 87.5 cm³/mol. The first-order chi connectivity index (χ1) is 10.2. The van der Waals surface area contributed by atoms with Gasteiger partial charge in [0.2, 0.25) is 0 Å². The lowest BCUT2D eigenvalue weighted by molar-refractivity contribution is 0.573. The second-order valence-electron chi connectivity index (χ2n) is 5.87. The van der Waals surface area contributed by atoms with Crippen LogP contribution in [0.2, 0.25) is 0 Å². The molecule has 1 N–H and O–H groups in total. The molecule has 1 aliphatic heterocycles. The van der Waals surface area contributed by atoms with Gasteiger partial charge in [-0.25, -0.2) is 0 Å². The van der Waals surface area contributed by atoms with Crippen molar-refractivity contribution in [1.29, 1.82) is 0 Å². The summed E-state index contributed by atoms with van der Waals surface area (Å²) in [5.74, 6) is 0. The highest BCUT2D eigenvalue weighted by Crippen LogP contribution is 2.27. The quantitative estimate of drug-likeness (QED) is 0.932. The fourth-order valence-electron chi connectivity index (χ4n) is 2.99. The zero-order valence-corrected chi connectivity index (χ0v) is 12.8. The Balaban J connectivity index is 1.66. The summed E-state index contributed by atoms with van der Waals surface area (Å²) < 4.78 is 0. The van der Waals surface area contributed by atoms with Crippen LogP contribution in [-0.4, -0.2) is 18.6 Å². The van der Waals surface area contributed by atoms with Crippen LogP contribution in [0.3, 0.4) is 0 Å². The van der Waals surface area contributed by atoms with Gasteiger partial charge in [0.15, 0.2) is 0 Å². The molecule has 0 amide bonds. The average Bonchev–Trinajstić information content (AvgIpc) is 2.53. The smallest absolute Gasteiger partial charge is 0.0396 e. The Morgan fingerprint density at radius 1 is 1.24 bits per heavy atom. The molecule has 0 spiro atoms. The number of hydrogen-bond donors (Lipinski definition) is 1. The lowest BCUT2D eigenvalue weighted by Crippen LogP contribution is -2.25. The molecule has 0 unspecified atom stereocenters. The number of fused-ring (bicyclic) bond motifs is 1. The van der Waals surface area contributed by atoms with Gasteiger partial charge in [-0.05, 0) is 54.7 Å². The number of nitrogens with one attached hydrogen (secondary N) is 1. The van der Waals surface area contributed by atoms with E-state index in [1.807, 2.05) is 12.4 Å². The van der Waals surface area contributed by atoms with Crippen molar-refractivity contribution in [3.8, 4) is 0 Å². The summed E-state index contributed by atoms with van der Waals surface area (Å²) in [4.78, 5) is 6.43. The average molecular weight is 281 g/mol. The molecule has 1 atom stereocenters. The summed E-state index contributed by atoms with van der Waals surface area (Å²) in [5.41, 5.74) is 5.53. The fraction of sp³-hybridized carbons (Fsp3) is 0.389. The number of hydrogen-bond acceptors (Lipinski definition) is 3. The van der Waals surface area contributed by atoms with Crippen molar-refractivity contribution in [3.05, 3.63) is 59.4 Å². The number of rotatable bonds is 4. The van der Waals surface area contributed by atoms with Gasteiger partial charge >= 0.3 is 0 Å². The summed E-state index contributed by atoms with van der Waals surface area (Å²) in [7, 11) is 2.18. The third-order valence-electron chi connectivity index (χ3n) is 4.31. The second-order valence-corrected chi connectivity index (χ2v) is 5.87. The minimum absolute atomic E-state index is 0.340. The first kappa shape index (κ1) is 14.1. The summed E-state index contributed by atoms with van der Waals surface area (Å²) in [6.45, 7) is 4.27. The molecule has 3 rings (SSSR count). The van der Waals surface area contributed by atoms with Gasteiger partial charge in [-0.15, -0.1) is 0 Å². The topological polar surface area (TPSA) is 28.2 Å². The van der Waals surface area contributed by atoms with E-state index < -0.39 is 0 Å². The van der Waals surface area contributed by atoms with Gasteiger partial charge in [0.05, 0.1) is 0 Å². The highest BCUT2D eigenvalue weighted by Gasteiger charge is 2.13. The van der Waals surface area contributed by atoms with Crippen LogP contribution in [0.5, 0.6) is 0 Å². The van der Waals surface area contributed by atoms with Crippen LogP contribution in [0, 0.1) is 0 Å². The van der Waals surface area contributed by atoms with E-state index in [0.717, 1.165) is 6.54 Å². The maximum Gasteiger partial charge on any atom is 0.0396 e. The summed E-state index contributed by atoms with van der Waals surface area (Å²) in [6, 6.07) is 11.3. The molecule has 1 aliphatic rings. The molecule has 1 aromatic heterocycles. The van der Waals surface area contributed by atoms with E-state index in [1.54, 1.807) is 0 Å². The van der Waals surface area contributed by atoms with Crippen LogP contribution < -0.4 is 10.2 Å². The van der Waals surface area contributed by atoms with Crippen molar-refractivity contribution < 1.29 is 0 Å². The molecule has 110 valence electrons. The second kappa shape index (κ2) is 6.27. The maximum atomic E-state index is 4.07. The molecule has 3 heteroatoms. The van der Waals surface area contributed by atoms with Crippen molar-refractivity contribution in [1.82, 2.24) is 10.3 Å². The minimum atomic E-state index is 0.340. The molecule has 21 heavy (non-hydrogen) atoms. The standard InChI is InChI=1S/C18H23N3/c1-14(16-7-9-19-10-8-16)20-13-15-5-6-18-17(12-15)4-3-11-21(18)2/h5-10,12,14,20H,3-4,11,13H2,1-2H3/t14-/m1/s1. The third kappa shape index (κ3) is 3.24. The highest BCUT2D eigenvalue weighted by atomic mass is 15.1. The molecule has 2 aromatic rings. The van der Waals surface area contributed by atoms with E-state index in [0.29, 0.717) is 6.04 Å². The highest BCUT2D eigenvalue weighted by molar-refractivity contribution is 5.56. The molecule has 1 aromatic carbocycles. The largest absolute Gasteiger partial charge is 0.374 e. The fourth-order valence-corrected chi connectivity index (χ4v) is 2.99. The number of anilines is 1. The molecule has 0 saturated heterocycles. The number of benzene rings is 1. The van der Waals surface area contributed by atoms with Gasteiger partial charge in [0, 0.05) is 44.3 Å². The molecular weight excluding hydrogens is 258 g/mol. The lowest BCUT2D eigenvalue weighted by Gasteiger charge is -2.28. The third-order valence-corrected chi connectivity index (χ3v) is 4.31. The monoisotopic (exact) mass is 281 g/mol. The van der Waals surface area contributed by atoms with E-state index in [4.69, 9.17) is 0 Å². The molecule has 0 aliphatic carbocycles. The van der Waals surface area contributed by atoms with Crippen LogP contribution in [-0.2, 0) is 13.0 Å². The molecule has 3 nitrogen and oxygen atoms in total. The molecule has 2 heterocycles. The van der Waals surface area contributed by atoms with Crippen molar-refractivity contribution in [2.24, 2.45) is 0 Å². The van der Waals surface area contributed by atoms with Gasteiger partial charge < -0.3 is 10.2 Å². The van der Waals surface area contributed by atoms with Crippen molar-refractivity contribution >= 4 is 5.69 Å². The van der Waals surface area contributed by atoms with E-state index >= 15 is 0 Å². The number of nitrogens with zero attached hydrogens (tertiary/aromatic N) is 2. The van der Waals surface area contributed by atoms with Crippen molar-refractivity contribution in [3.63, 3.8) is 0 Å². The molecule has 0 bridgehead atoms. The Bertz CT molecular complexity index is 595. The van der Waals surface area contributed by atoms with Crippen LogP contribution in [0.4, 0.5) is 5.69 Å². The van der Waals surface area contributed by atoms with Gasteiger partial charge in [-0.2, -0.15) is 0 Å². The van der Waals surface area contributed by atoms with Crippen LogP contribution in [0.15, 0.2) is 42.7 Å². The van der Waals surface area contributed by atoms with Crippen LogP contribution >= 0.6 is 0 Å². The zero-order chi connectivity index (χ0) is 14.7. The number of aryl methyl sites for hydroxylation is 1. The first-order valence-corrected chi connectivity index (χ1v) is 7.70. The van der Waals surface area contributed by atoms with Gasteiger partial charge in [0.1, 0.15) is 0 Å². The molecule has 0 radical (unpaired) electrons. The van der Waals surface area contributed by atoms with Gasteiger partial charge in [0.25, 0.3) is 0 Å². The van der Waals surface area contributed by atoms with E-state index in [1.165, 1.54) is 41.8 Å². The zero-order valence-electron chi connectivity index (χ0n) is 12.8. The van der Waals surface area contributed by atoms with Crippen LogP contribution in [0.1, 0.15) is 36.1 Å². The van der Waals surface area contributed by atoms with Crippen molar-refractivity contribution in [2.75, 3.05) is 18.5 Å². The first-order valence-electron chi connectivity index (χ1n) is 7.70.